The van der Waals surface area contributed by atoms with E-state index in [2.05, 4.69) is 38.0 Å². The van der Waals surface area contributed by atoms with E-state index in [1.165, 1.54) is 11.3 Å². The van der Waals surface area contributed by atoms with Crippen molar-refractivity contribution >= 4 is 32.4 Å². The number of hydrogen-bond donors (Lipinski definition) is 1. The number of hydrogen-bond acceptors (Lipinski definition) is 5. The van der Waals surface area contributed by atoms with Crippen LogP contribution in [-0.4, -0.2) is 30.0 Å². The van der Waals surface area contributed by atoms with Gasteiger partial charge >= 0.3 is 0 Å². The van der Waals surface area contributed by atoms with Crippen LogP contribution in [0.25, 0.3) is 0 Å². The fourth-order valence-electron chi connectivity index (χ4n) is 0.753. The van der Waals surface area contributed by atoms with Gasteiger partial charge in [-0.3, -0.25) is 0 Å². The summed E-state index contributed by atoms with van der Waals surface area (Å²) in [6, 6.07) is 0. The molecular formula is C8H12BrN3OS. The van der Waals surface area contributed by atoms with Crippen LogP contribution in [0.1, 0.15) is 6.92 Å². The lowest BCUT2D eigenvalue weighted by Crippen LogP contribution is -2.10. The van der Waals surface area contributed by atoms with Gasteiger partial charge in [-0.25, -0.2) is 0 Å². The number of nitrogens with zero attached hydrogens (tertiary/aromatic N) is 2. The number of nitrogens with one attached hydrogen (secondary N) is 1. The zero-order chi connectivity index (χ0) is 10.4. The van der Waals surface area contributed by atoms with E-state index in [1.54, 1.807) is 0 Å². The van der Waals surface area contributed by atoms with Gasteiger partial charge in [0.1, 0.15) is 0 Å². The first-order chi connectivity index (χ1) is 6.68. The first-order valence-corrected chi connectivity index (χ1v) is 5.74. The summed E-state index contributed by atoms with van der Waals surface area (Å²) in [6.07, 6.45) is 0. The third-order valence-electron chi connectivity index (χ3n) is 1.27. The van der Waals surface area contributed by atoms with Gasteiger partial charge in [-0.1, -0.05) is 23.5 Å². The Balaban J connectivity index is 2.07. The van der Waals surface area contributed by atoms with Crippen LogP contribution in [0.15, 0.2) is 16.1 Å². The molecule has 0 amide bonds. The number of aromatic nitrogens is 2. The van der Waals surface area contributed by atoms with Crippen molar-refractivity contribution in [3.8, 4) is 0 Å². The fraction of sp³-hybridized carbons (Fsp3) is 0.500. The molecule has 0 aliphatic rings. The van der Waals surface area contributed by atoms with Crippen LogP contribution >= 0.6 is 27.3 Å². The van der Waals surface area contributed by atoms with Gasteiger partial charge in [-0.15, -0.1) is 10.2 Å². The highest BCUT2D eigenvalue weighted by Gasteiger charge is 1.98. The highest BCUT2D eigenvalue weighted by molar-refractivity contribution is 9.11. The van der Waals surface area contributed by atoms with Gasteiger partial charge in [-0.05, 0) is 22.9 Å². The normalized spacial score (nSPS) is 10.1. The number of rotatable bonds is 6. The molecule has 0 unspecified atom stereocenters. The molecule has 0 saturated carbocycles. The second-order valence-electron chi connectivity index (χ2n) is 2.80. The zero-order valence-electron chi connectivity index (χ0n) is 7.92. The minimum absolute atomic E-state index is 0.613. The van der Waals surface area contributed by atoms with E-state index in [-0.39, 0.29) is 0 Å². The van der Waals surface area contributed by atoms with Gasteiger partial charge < -0.3 is 10.1 Å². The number of ether oxygens (including phenoxy) is 1. The summed E-state index contributed by atoms with van der Waals surface area (Å²) >= 11 is 4.70. The third kappa shape index (κ3) is 4.69. The maximum Gasteiger partial charge on any atom is 0.206 e. The Labute approximate surface area is 95.5 Å². The van der Waals surface area contributed by atoms with Gasteiger partial charge in [0.15, 0.2) is 3.92 Å². The minimum atomic E-state index is 0.613. The molecule has 6 heteroatoms. The molecule has 0 aliphatic carbocycles. The molecule has 0 radical (unpaired) electrons. The molecule has 14 heavy (non-hydrogen) atoms. The van der Waals surface area contributed by atoms with Crippen LogP contribution in [-0.2, 0) is 4.74 Å². The second kappa shape index (κ2) is 6.10. The quantitative estimate of drug-likeness (QED) is 0.640. The summed E-state index contributed by atoms with van der Waals surface area (Å²) in [5.41, 5.74) is 1.03. The maximum absolute atomic E-state index is 5.31. The Bertz CT molecular complexity index is 303. The molecule has 1 rings (SSSR count). The summed E-state index contributed by atoms with van der Waals surface area (Å²) < 4.78 is 6.09. The van der Waals surface area contributed by atoms with Crippen molar-refractivity contribution in [1.82, 2.24) is 10.2 Å². The summed E-state index contributed by atoms with van der Waals surface area (Å²) in [7, 11) is 0. The van der Waals surface area contributed by atoms with Gasteiger partial charge in [0, 0.05) is 6.54 Å². The van der Waals surface area contributed by atoms with Crippen molar-refractivity contribution in [2.75, 3.05) is 25.1 Å². The number of halogens is 1. The third-order valence-corrected chi connectivity index (χ3v) is 2.59. The molecule has 0 aliphatic heterocycles. The molecule has 0 saturated heterocycles. The van der Waals surface area contributed by atoms with Crippen LogP contribution in [0.2, 0.25) is 0 Å². The predicted octanol–water partition coefficient (Wildman–Crippen LogP) is 2.31. The van der Waals surface area contributed by atoms with E-state index in [1.807, 2.05) is 6.92 Å². The maximum atomic E-state index is 5.31. The Hall–Kier alpha value is -0.460. The van der Waals surface area contributed by atoms with E-state index >= 15 is 0 Å². The molecule has 78 valence electrons. The van der Waals surface area contributed by atoms with E-state index in [0.29, 0.717) is 13.2 Å². The summed E-state index contributed by atoms with van der Waals surface area (Å²) in [4.78, 5) is 0. The molecule has 1 aromatic rings. The Kier molecular flexibility index (Phi) is 5.06. The highest BCUT2D eigenvalue weighted by atomic mass is 79.9. The first-order valence-electron chi connectivity index (χ1n) is 4.13. The summed E-state index contributed by atoms with van der Waals surface area (Å²) in [5, 5.41) is 11.6. The standard InChI is InChI=1S/C8H12BrN3OS/c1-6(2)5-13-4-3-10-8-12-11-7(9)14-8/h1,3-5H2,2H3,(H,10,12). The lowest BCUT2D eigenvalue weighted by molar-refractivity contribution is 0.167. The predicted molar refractivity (Wildman–Crippen MR) is 61.7 cm³/mol. The van der Waals surface area contributed by atoms with Gasteiger partial charge in [0.2, 0.25) is 5.13 Å². The minimum Gasteiger partial charge on any atom is -0.375 e. The van der Waals surface area contributed by atoms with Crippen LogP contribution in [0.5, 0.6) is 0 Å². The van der Waals surface area contributed by atoms with E-state index in [4.69, 9.17) is 4.74 Å². The van der Waals surface area contributed by atoms with Crippen molar-refractivity contribution in [2.24, 2.45) is 0 Å². The molecule has 1 N–H and O–H groups in total. The van der Waals surface area contributed by atoms with E-state index in [9.17, 15) is 0 Å². The zero-order valence-corrected chi connectivity index (χ0v) is 10.3. The average molecular weight is 278 g/mol. The number of anilines is 1. The average Bonchev–Trinajstić information content (AvgIpc) is 2.50. The van der Waals surface area contributed by atoms with E-state index < -0.39 is 0 Å². The Morgan fingerprint density at radius 1 is 1.64 bits per heavy atom. The Morgan fingerprint density at radius 2 is 2.43 bits per heavy atom. The molecule has 4 nitrogen and oxygen atoms in total. The lowest BCUT2D eigenvalue weighted by atomic mass is 10.4. The van der Waals surface area contributed by atoms with Crippen LogP contribution in [0, 0.1) is 0 Å². The van der Waals surface area contributed by atoms with Crippen LogP contribution < -0.4 is 5.32 Å². The molecule has 1 heterocycles. The van der Waals surface area contributed by atoms with Crippen LogP contribution in [0.3, 0.4) is 0 Å². The van der Waals surface area contributed by atoms with Crippen molar-refractivity contribution in [3.05, 3.63) is 16.1 Å². The molecule has 0 bridgehead atoms. The highest BCUT2D eigenvalue weighted by Crippen LogP contribution is 2.19. The molecule has 0 fully saturated rings. The topological polar surface area (TPSA) is 47.0 Å². The molecule has 0 atom stereocenters. The van der Waals surface area contributed by atoms with Crippen molar-refractivity contribution in [2.45, 2.75) is 6.92 Å². The van der Waals surface area contributed by atoms with E-state index in [0.717, 1.165) is 21.2 Å². The van der Waals surface area contributed by atoms with Crippen molar-refractivity contribution in [3.63, 3.8) is 0 Å². The molecule has 0 aromatic carbocycles. The molecule has 1 aromatic heterocycles. The first kappa shape index (κ1) is 11.6. The lowest BCUT2D eigenvalue weighted by Gasteiger charge is -2.03. The smallest absolute Gasteiger partial charge is 0.206 e. The summed E-state index contributed by atoms with van der Waals surface area (Å²) in [5.74, 6) is 0. The van der Waals surface area contributed by atoms with Crippen molar-refractivity contribution < 1.29 is 4.74 Å². The van der Waals surface area contributed by atoms with Gasteiger partial charge in [0.05, 0.1) is 13.2 Å². The monoisotopic (exact) mass is 277 g/mol. The van der Waals surface area contributed by atoms with Gasteiger partial charge in [-0.2, -0.15) is 0 Å². The van der Waals surface area contributed by atoms with Crippen LogP contribution in [0.4, 0.5) is 5.13 Å². The largest absolute Gasteiger partial charge is 0.375 e. The molecule has 0 spiro atoms. The van der Waals surface area contributed by atoms with Crippen molar-refractivity contribution in [1.29, 1.82) is 0 Å². The molecular weight excluding hydrogens is 266 g/mol. The fourth-order valence-corrected chi connectivity index (χ4v) is 1.79. The Morgan fingerprint density at radius 3 is 3.00 bits per heavy atom. The SMILES string of the molecule is C=C(C)COCCNc1nnc(Br)s1. The second-order valence-corrected chi connectivity index (χ2v) is 5.05. The summed E-state index contributed by atoms with van der Waals surface area (Å²) in [6.45, 7) is 7.67. The van der Waals surface area contributed by atoms with Gasteiger partial charge in [0.25, 0.3) is 0 Å².